The summed E-state index contributed by atoms with van der Waals surface area (Å²) in [5.74, 6) is 0.942. The maximum absolute atomic E-state index is 5.82. The second-order valence-corrected chi connectivity index (χ2v) is 3.55. The highest BCUT2D eigenvalue weighted by atomic mass is 35.5. The van der Waals surface area contributed by atoms with Gasteiger partial charge in [0, 0.05) is 5.02 Å². The second kappa shape index (κ2) is 13.4. The minimum atomic E-state index is 0.764. The van der Waals surface area contributed by atoms with Crippen LogP contribution in [-0.4, -0.2) is 6.61 Å². The van der Waals surface area contributed by atoms with Crippen LogP contribution in [0.5, 0.6) is 5.75 Å². The fraction of sp³-hybridized carbons (Fsp3) is 0.600. The Morgan fingerprint density at radius 3 is 2.18 bits per heavy atom. The number of benzene rings is 1. The predicted octanol–water partition coefficient (Wildman–Crippen LogP) is 5.88. The van der Waals surface area contributed by atoms with Crippen LogP contribution in [0.2, 0.25) is 5.02 Å². The lowest BCUT2D eigenvalue weighted by atomic mass is 10.2. The predicted molar refractivity (Wildman–Crippen MR) is 79.3 cm³/mol. The largest absolute Gasteiger partial charge is 0.493 e. The number of aryl methyl sites for hydroxylation is 1. The molecule has 0 saturated carbocycles. The third-order valence-electron chi connectivity index (χ3n) is 1.89. The first kappa shape index (κ1) is 18.7. The summed E-state index contributed by atoms with van der Waals surface area (Å²) in [5.41, 5.74) is 1.10. The molecule has 0 unspecified atom stereocenters. The average molecular weight is 259 g/mol. The van der Waals surface area contributed by atoms with Gasteiger partial charge in [0.1, 0.15) is 5.75 Å². The Labute approximate surface area is 112 Å². The molecule has 1 aromatic carbocycles. The van der Waals surface area contributed by atoms with Crippen molar-refractivity contribution in [2.45, 2.75) is 54.4 Å². The van der Waals surface area contributed by atoms with Gasteiger partial charge in [-0.05, 0) is 37.1 Å². The molecule has 1 nitrogen and oxygen atoms in total. The molecule has 0 aliphatic rings. The van der Waals surface area contributed by atoms with Gasteiger partial charge in [-0.3, -0.25) is 0 Å². The topological polar surface area (TPSA) is 9.23 Å². The summed E-state index contributed by atoms with van der Waals surface area (Å²) in [4.78, 5) is 0. The van der Waals surface area contributed by atoms with Gasteiger partial charge in [-0.2, -0.15) is 0 Å². The third kappa shape index (κ3) is 9.05. The van der Waals surface area contributed by atoms with E-state index in [9.17, 15) is 0 Å². The minimum absolute atomic E-state index is 0.764. The highest BCUT2D eigenvalue weighted by molar-refractivity contribution is 6.30. The molecule has 0 fully saturated rings. The molecule has 0 aliphatic heterocycles. The van der Waals surface area contributed by atoms with Gasteiger partial charge in [0.05, 0.1) is 6.61 Å². The van der Waals surface area contributed by atoms with Gasteiger partial charge in [0.2, 0.25) is 0 Å². The van der Waals surface area contributed by atoms with Gasteiger partial charge in [-0.25, -0.2) is 0 Å². The van der Waals surface area contributed by atoms with Gasteiger partial charge in [0.25, 0.3) is 0 Å². The zero-order valence-corrected chi connectivity index (χ0v) is 12.9. The Morgan fingerprint density at radius 2 is 1.71 bits per heavy atom. The molecule has 0 saturated heterocycles. The molecule has 0 atom stereocenters. The number of unbranched alkanes of at least 4 members (excludes halogenated alkanes) is 1. The molecule has 100 valence electrons. The van der Waals surface area contributed by atoms with Crippen LogP contribution in [-0.2, 0) is 0 Å². The third-order valence-corrected chi connectivity index (χ3v) is 2.13. The van der Waals surface area contributed by atoms with Crippen molar-refractivity contribution in [1.29, 1.82) is 0 Å². The van der Waals surface area contributed by atoms with Crippen molar-refractivity contribution in [2.24, 2.45) is 0 Å². The molecule has 17 heavy (non-hydrogen) atoms. The van der Waals surface area contributed by atoms with E-state index in [1.54, 1.807) is 0 Å². The SMILES string of the molecule is CC.CC.CCCCOc1ccc(Cl)cc1C. The Morgan fingerprint density at radius 1 is 1.12 bits per heavy atom. The maximum atomic E-state index is 5.82. The summed E-state index contributed by atoms with van der Waals surface area (Å²) in [7, 11) is 0. The lowest BCUT2D eigenvalue weighted by Crippen LogP contribution is -1.97. The fourth-order valence-corrected chi connectivity index (χ4v) is 1.33. The number of hydrogen-bond donors (Lipinski definition) is 0. The summed E-state index contributed by atoms with van der Waals surface area (Å²) in [6, 6.07) is 5.70. The van der Waals surface area contributed by atoms with Gasteiger partial charge in [0.15, 0.2) is 0 Å². The van der Waals surface area contributed by atoms with Crippen molar-refractivity contribution >= 4 is 11.6 Å². The van der Waals surface area contributed by atoms with E-state index in [0.29, 0.717) is 0 Å². The Hall–Kier alpha value is -0.690. The molecule has 2 heteroatoms. The van der Waals surface area contributed by atoms with E-state index in [1.165, 1.54) is 0 Å². The zero-order valence-electron chi connectivity index (χ0n) is 12.1. The van der Waals surface area contributed by atoms with Crippen molar-refractivity contribution in [3.05, 3.63) is 28.8 Å². The van der Waals surface area contributed by atoms with Gasteiger partial charge in [-0.1, -0.05) is 52.6 Å². The van der Waals surface area contributed by atoms with Gasteiger partial charge < -0.3 is 4.74 Å². The van der Waals surface area contributed by atoms with E-state index in [1.807, 2.05) is 52.8 Å². The van der Waals surface area contributed by atoms with Crippen LogP contribution in [0, 0.1) is 6.92 Å². The van der Waals surface area contributed by atoms with Crippen LogP contribution >= 0.6 is 11.6 Å². The maximum Gasteiger partial charge on any atom is 0.122 e. The van der Waals surface area contributed by atoms with Crippen molar-refractivity contribution in [2.75, 3.05) is 6.61 Å². The fourth-order valence-electron chi connectivity index (χ4n) is 1.10. The van der Waals surface area contributed by atoms with Crippen LogP contribution < -0.4 is 4.74 Å². The van der Waals surface area contributed by atoms with E-state index in [4.69, 9.17) is 16.3 Å². The van der Waals surface area contributed by atoms with E-state index >= 15 is 0 Å². The molecule has 0 amide bonds. The van der Waals surface area contributed by atoms with Crippen LogP contribution in [0.15, 0.2) is 18.2 Å². The summed E-state index contributed by atoms with van der Waals surface area (Å²) in [5, 5.41) is 0.764. The highest BCUT2D eigenvalue weighted by Crippen LogP contribution is 2.21. The van der Waals surface area contributed by atoms with Crippen molar-refractivity contribution in [3.63, 3.8) is 0 Å². The summed E-state index contributed by atoms with van der Waals surface area (Å²) in [6.07, 6.45) is 2.26. The number of rotatable bonds is 4. The van der Waals surface area contributed by atoms with Gasteiger partial charge in [-0.15, -0.1) is 0 Å². The van der Waals surface area contributed by atoms with Crippen LogP contribution in [0.3, 0.4) is 0 Å². The smallest absolute Gasteiger partial charge is 0.122 e. The van der Waals surface area contributed by atoms with Gasteiger partial charge >= 0.3 is 0 Å². The van der Waals surface area contributed by atoms with E-state index < -0.39 is 0 Å². The molecule has 0 aromatic heterocycles. The normalized spacial score (nSPS) is 8.41. The van der Waals surface area contributed by atoms with Crippen LogP contribution in [0.4, 0.5) is 0 Å². The summed E-state index contributed by atoms with van der Waals surface area (Å²) < 4.78 is 5.57. The van der Waals surface area contributed by atoms with Crippen molar-refractivity contribution in [1.82, 2.24) is 0 Å². The minimum Gasteiger partial charge on any atom is -0.493 e. The molecular weight excluding hydrogens is 232 g/mol. The summed E-state index contributed by atoms with van der Waals surface area (Å²) in [6.45, 7) is 12.9. The van der Waals surface area contributed by atoms with E-state index in [2.05, 4.69) is 6.92 Å². The summed E-state index contributed by atoms with van der Waals surface area (Å²) >= 11 is 5.82. The molecule has 0 aliphatic carbocycles. The lowest BCUT2D eigenvalue weighted by Gasteiger charge is -2.08. The molecule has 0 spiro atoms. The first-order chi connectivity index (χ1) is 8.24. The molecule has 0 bridgehead atoms. The molecule has 1 aromatic rings. The monoisotopic (exact) mass is 258 g/mol. The van der Waals surface area contributed by atoms with Crippen LogP contribution in [0.25, 0.3) is 0 Å². The molecular formula is C15H27ClO. The Bertz CT molecular complexity index is 272. The van der Waals surface area contributed by atoms with Crippen LogP contribution in [0.1, 0.15) is 53.0 Å². The zero-order chi connectivity index (χ0) is 13.7. The first-order valence-electron chi connectivity index (χ1n) is 6.63. The number of ether oxygens (including phenoxy) is 1. The Kier molecular flexibility index (Phi) is 14.7. The molecule has 1 rings (SSSR count). The van der Waals surface area contributed by atoms with Crippen molar-refractivity contribution < 1.29 is 4.74 Å². The number of halogens is 1. The standard InChI is InChI=1S/C11H15ClO.2C2H6/c1-3-4-7-13-11-6-5-10(12)8-9(11)2;2*1-2/h5-6,8H,3-4,7H2,1-2H3;2*1-2H3. The molecule has 0 N–H and O–H groups in total. The molecule has 0 radical (unpaired) electrons. The molecule has 0 heterocycles. The average Bonchev–Trinajstić information content (AvgIpc) is 2.37. The number of hydrogen-bond acceptors (Lipinski definition) is 1. The Balaban J connectivity index is 0. The van der Waals surface area contributed by atoms with E-state index in [0.717, 1.165) is 35.8 Å². The highest BCUT2D eigenvalue weighted by Gasteiger charge is 1.98. The quantitative estimate of drug-likeness (QED) is 0.613. The van der Waals surface area contributed by atoms with E-state index in [-0.39, 0.29) is 0 Å². The van der Waals surface area contributed by atoms with Crippen molar-refractivity contribution in [3.8, 4) is 5.75 Å². The first-order valence-corrected chi connectivity index (χ1v) is 7.00. The second-order valence-electron chi connectivity index (χ2n) is 3.11. The lowest BCUT2D eigenvalue weighted by molar-refractivity contribution is 0.307.